The summed E-state index contributed by atoms with van der Waals surface area (Å²) >= 11 is 4.90. The summed E-state index contributed by atoms with van der Waals surface area (Å²) in [6.07, 6.45) is 1.75. The van der Waals surface area contributed by atoms with Gasteiger partial charge >= 0.3 is 0 Å². The van der Waals surface area contributed by atoms with Gasteiger partial charge in [-0.1, -0.05) is 12.2 Å². The SMILES string of the molecule is CNC(=O)CCN(C)C(=O)C1(C(N)=S)CC1. The molecule has 0 spiro atoms. The molecule has 16 heavy (non-hydrogen) atoms. The number of nitrogens with zero attached hydrogens (tertiary/aromatic N) is 1. The van der Waals surface area contributed by atoms with Crippen LogP contribution in [0.2, 0.25) is 0 Å². The molecule has 5 nitrogen and oxygen atoms in total. The molecule has 0 unspecified atom stereocenters. The quantitative estimate of drug-likeness (QED) is 0.647. The number of carbonyl (C=O) groups excluding carboxylic acids is 2. The van der Waals surface area contributed by atoms with Gasteiger partial charge in [-0.05, 0) is 12.8 Å². The third-order valence-corrected chi connectivity index (χ3v) is 3.32. The van der Waals surface area contributed by atoms with Gasteiger partial charge in [0, 0.05) is 27.1 Å². The van der Waals surface area contributed by atoms with Gasteiger partial charge in [-0.25, -0.2) is 0 Å². The monoisotopic (exact) mass is 243 g/mol. The molecule has 0 aromatic rings. The van der Waals surface area contributed by atoms with Gasteiger partial charge in [0.25, 0.3) is 0 Å². The summed E-state index contributed by atoms with van der Waals surface area (Å²) in [4.78, 5) is 24.8. The van der Waals surface area contributed by atoms with Crippen molar-refractivity contribution in [2.45, 2.75) is 19.3 Å². The number of thiocarbonyl (C=S) groups is 1. The molecule has 1 fully saturated rings. The predicted octanol–water partition coefficient (Wildman–Crippen LogP) is -0.353. The fraction of sp³-hybridized carbons (Fsp3) is 0.700. The van der Waals surface area contributed by atoms with E-state index in [1.54, 1.807) is 14.1 Å². The van der Waals surface area contributed by atoms with Crippen LogP contribution in [0.3, 0.4) is 0 Å². The van der Waals surface area contributed by atoms with E-state index in [0.29, 0.717) is 13.0 Å². The summed E-state index contributed by atoms with van der Waals surface area (Å²) in [5.41, 5.74) is 4.94. The van der Waals surface area contributed by atoms with Crippen LogP contribution >= 0.6 is 12.2 Å². The van der Waals surface area contributed by atoms with E-state index < -0.39 is 5.41 Å². The fourth-order valence-corrected chi connectivity index (χ4v) is 1.84. The lowest BCUT2D eigenvalue weighted by atomic mass is 10.1. The van der Waals surface area contributed by atoms with Crippen LogP contribution in [0.15, 0.2) is 0 Å². The number of rotatable bonds is 5. The second-order valence-corrected chi connectivity index (χ2v) is 4.54. The first kappa shape index (κ1) is 12.9. The summed E-state index contributed by atoms with van der Waals surface area (Å²) in [7, 11) is 3.24. The van der Waals surface area contributed by atoms with Gasteiger partial charge in [0.05, 0.1) is 10.4 Å². The van der Waals surface area contributed by atoms with Gasteiger partial charge in [-0.3, -0.25) is 9.59 Å². The summed E-state index contributed by atoms with van der Waals surface area (Å²) in [6, 6.07) is 0. The van der Waals surface area contributed by atoms with Crippen LogP contribution in [0.1, 0.15) is 19.3 Å². The van der Waals surface area contributed by atoms with Crippen LogP contribution in [0.5, 0.6) is 0 Å². The first-order valence-electron chi connectivity index (χ1n) is 5.20. The third-order valence-electron chi connectivity index (χ3n) is 2.93. The Labute approximate surface area is 100 Å². The molecule has 0 bridgehead atoms. The highest BCUT2D eigenvalue weighted by Gasteiger charge is 2.53. The Balaban J connectivity index is 2.49. The van der Waals surface area contributed by atoms with E-state index in [1.165, 1.54) is 4.90 Å². The molecule has 0 aliphatic heterocycles. The minimum atomic E-state index is -0.618. The number of carbonyl (C=O) groups is 2. The van der Waals surface area contributed by atoms with Crippen LogP contribution in [0.4, 0.5) is 0 Å². The maximum atomic E-state index is 12.0. The summed E-state index contributed by atoms with van der Waals surface area (Å²) in [5.74, 6) is -0.149. The topological polar surface area (TPSA) is 75.4 Å². The minimum absolute atomic E-state index is 0.0658. The first-order chi connectivity index (χ1) is 7.44. The van der Waals surface area contributed by atoms with Crippen LogP contribution in [0, 0.1) is 5.41 Å². The summed E-state index contributed by atoms with van der Waals surface area (Å²) in [6.45, 7) is 0.392. The molecule has 90 valence electrons. The highest BCUT2D eigenvalue weighted by Crippen LogP contribution is 2.47. The Morgan fingerprint density at radius 2 is 2.06 bits per heavy atom. The molecule has 1 rings (SSSR count). The van der Waals surface area contributed by atoms with Gasteiger partial charge in [-0.15, -0.1) is 0 Å². The normalized spacial score (nSPS) is 16.4. The molecule has 0 radical (unpaired) electrons. The van der Waals surface area contributed by atoms with Crippen molar-refractivity contribution in [1.29, 1.82) is 0 Å². The molecule has 2 amide bonds. The van der Waals surface area contributed by atoms with E-state index in [2.05, 4.69) is 5.32 Å². The fourth-order valence-electron chi connectivity index (χ4n) is 1.55. The summed E-state index contributed by atoms with van der Waals surface area (Å²) < 4.78 is 0. The maximum Gasteiger partial charge on any atom is 0.235 e. The Hall–Kier alpha value is -1.17. The summed E-state index contributed by atoms with van der Waals surface area (Å²) in [5, 5.41) is 2.51. The molecule has 0 aromatic heterocycles. The van der Waals surface area contributed by atoms with Crippen LogP contribution < -0.4 is 11.1 Å². The maximum absolute atomic E-state index is 12.0. The third kappa shape index (κ3) is 2.49. The zero-order chi connectivity index (χ0) is 12.3. The molecule has 6 heteroatoms. The average Bonchev–Trinajstić information content (AvgIpc) is 3.05. The average molecular weight is 243 g/mol. The Morgan fingerprint density at radius 1 is 1.50 bits per heavy atom. The van der Waals surface area contributed by atoms with E-state index in [4.69, 9.17) is 18.0 Å². The number of nitrogens with two attached hydrogens (primary N) is 1. The van der Waals surface area contributed by atoms with Crippen LogP contribution in [0.25, 0.3) is 0 Å². The van der Waals surface area contributed by atoms with Gasteiger partial charge in [0.1, 0.15) is 0 Å². The number of amides is 2. The molecule has 1 aliphatic carbocycles. The lowest BCUT2D eigenvalue weighted by Crippen LogP contribution is -2.42. The minimum Gasteiger partial charge on any atom is -0.392 e. The molecule has 0 heterocycles. The highest BCUT2D eigenvalue weighted by atomic mass is 32.1. The van der Waals surface area contributed by atoms with Crippen LogP contribution in [-0.2, 0) is 9.59 Å². The van der Waals surface area contributed by atoms with Crippen molar-refractivity contribution in [3.8, 4) is 0 Å². The van der Waals surface area contributed by atoms with Crippen molar-refractivity contribution in [3.63, 3.8) is 0 Å². The molecule has 0 atom stereocenters. The van der Waals surface area contributed by atoms with Crippen molar-refractivity contribution >= 4 is 29.0 Å². The van der Waals surface area contributed by atoms with Crippen molar-refractivity contribution in [2.75, 3.05) is 20.6 Å². The van der Waals surface area contributed by atoms with Crippen molar-refractivity contribution in [3.05, 3.63) is 0 Å². The van der Waals surface area contributed by atoms with E-state index in [0.717, 1.165) is 12.8 Å². The van der Waals surface area contributed by atoms with E-state index in [-0.39, 0.29) is 16.8 Å². The molecule has 3 N–H and O–H groups in total. The largest absolute Gasteiger partial charge is 0.392 e. The lowest BCUT2D eigenvalue weighted by Gasteiger charge is -2.22. The molecule has 0 aromatic carbocycles. The standard InChI is InChI=1S/C10H17N3O2S/c1-12-7(14)3-6-13(2)9(15)10(4-5-10)8(11)16/h3-6H2,1-2H3,(H2,11,16)(H,12,14). The van der Waals surface area contributed by atoms with Crippen molar-refractivity contribution in [2.24, 2.45) is 11.1 Å². The predicted molar refractivity (Wildman–Crippen MR) is 64.8 cm³/mol. The van der Waals surface area contributed by atoms with E-state index in [1.807, 2.05) is 0 Å². The van der Waals surface area contributed by atoms with Crippen molar-refractivity contribution < 1.29 is 9.59 Å². The zero-order valence-corrected chi connectivity index (χ0v) is 10.4. The molecular formula is C10H17N3O2S. The molecular weight excluding hydrogens is 226 g/mol. The van der Waals surface area contributed by atoms with Gasteiger partial charge < -0.3 is 16.0 Å². The highest BCUT2D eigenvalue weighted by molar-refractivity contribution is 7.80. The van der Waals surface area contributed by atoms with Crippen molar-refractivity contribution in [1.82, 2.24) is 10.2 Å². The lowest BCUT2D eigenvalue weighted by molar-refractivity contribution is -0.133. The molecule has 0 saturated heterocycles. The first-order valence-corrected chi connectivity index (χ1v) is 5.61. The number of hydrogen-bond donors (Lipinski definition) is 2. The Bertz CT molecular complexity index is 326. The van der Waals surface area contributed by atoms with E-state index >= 15 is 0 Å². The van der Waals surface area contributed by atoms with Crippen LogP contribution in [-0.4, -0.2) is 42.3 Å². The number of nitrogens with one attached hydrogen (secondary N) is 1. The van der Waals surface area contributed by atoms with E-state index in [9.17, 15) is 9.59 Å². The zero-order valence-electron chi connectivity index (χ0n) is 9.58. The Morgan fingerprint density at radius 3 is 2.44 bits per heavy atom. The molecule has 1 aliphatic rings. The second kappa shape index (κ2) is 4.78. The van der Waals surface area contributed by atoms with Gasteiger partial charge in [0.2, 0.25) is 11.8 Å². The smallest absolute Gasteiger partial charge is 0.235 e. The number of hydrogen-bond acceptors (Lipinski definition) is 3. The van der Waals surface area contributed by atoms with Gasteiger partial charge in [-0.2, -0.15) is 0 Å². The molecule has 1 saturated carbocycles. The second-order valence-electron chi connectivity index (χ2n) is 4.10. The van der Waals surface area contributed by atoms with Gasteiger partial charge in [0.15, 0.2) is 0 Å². The Kier molecular flexibility index (Phi) is 3.85.